The van der Waals surface area contributed by atoms with Crippen molar-refractivity contribution < 1.29 is 35.6 Å². The van der Waals surface area contributed by atoms with E-state index in [0.29, 0.717) is 11.1 Å². The summed E-state index contributed by atoms with van der Waals surface area (Å²) in [6.45, 7) is 1.46. The number of halogens is 8. The third-order valence-electron chi connectivity index (χ3n) is 4.06. The summed E-state index contributed by atoms with van der Waals surface area (Å²) in [6, 6.07) is 12.0. The lowest BCUT2D eigenvalue weighted by Crippen LogP contribution is -2.38. The molecule has 3 aromatic rings. The first-order chi connectivity index (χ1) is 15.7. The van der Waals surface area contributed by atoms with Gasteiger partial charge in [0, 0.05) is 14.5 Å². The van der Waals surface area contributed by atoms with Crippen LogP contribution in [0.4, 0.5) is 26.3 Å². The first-order valence-electron chi connectivity index (χ1n) is 9.12. The number of aromatic nitrogens is 1. The van der Waals surface area contributed by atoms with Gasteiger partial charge in [-0.1, -0.05) is 84.3 Å². The van der Waals surface area contributed by atoms with Crippen LogP contribution in [0, 0.1) is 19.3 Å². The summed E-state index contributed by atoms with van der Waals surface area (Å²) in [5.74, 6) is -1.02. The predicted octanol–water partition coefficient (Wildman–Crippen LogP) is 9.14. The lowest BCUT2D eigenvalue weighted by atomic mass is 10.1. The molecule has 4 nitrogen and oxygen atoms in total. The Morgan fingerprint density at radius 2 is 1.41 bits per heavy atom. The van der Waals surface area contributed by atoms with Crippen molar-refractivity contribution in [1.29, 1.82) is 0 Å². The normalized spacial score (nSPS) is 11.2. The van der Waals surface area contributed by atoms with Gasteiger partial charge in [-0.15, -0.1) is 6.42 Å². The second kappa shape index (κ2) is 14.8. The van der Waals surface area contributed by atoms with Crippen LogP contribution in [0.15, 0.2) is 61.9 Å². The largest absolute Gasteiger partial charge is 0.471 e. The highest BCUT2D eigenvalue weighted by Gasteiger charge is 2.40. The van der Waals surface area contributed by atoms with Crippen LogP contribution >= 0.6 is 31.9 Å². The first-order valence-corrected chi connectivity index (χ1v) is 10.7. The van der Waals surface area contributed by atoms with E-state index in [-0.39, 0.29) is 33.7 Å². The summed E-state index contributed by atoms with van der Waals surface area (Å²) in [7, 11) is 0. The number of aryl methyl sites for hydroxylation is 1. The van der Waals surface area contributed by atoms with Crippen LogP contribution in [0.3, 0.4) is 0 Å². The molecular formula is C25H26Br2F6N2O2. The van der Waals surface area contributed by atoms with Gasteiger partial charge in [-0.25, -0.2) is 4.98 Å². The number of hydrogen-bond donors (Lipinski definition) is 1. The standard InChI is InChI=1S/2C11H7BrF3NO.3CH4/c1-6-9(7-2-4-8(12)5-3-7)16-10(17-6)11(13,14)15;1-2-9(16-10(17)11(13,14)15)7-3-5-8(12)6-4-7;;;/h2-5H,1H3;1,3-6,9H,(H,16,17);3*1H4. The topological polar surface area (TPSA) is 55.1 Å². The molecule has 0 bridgehead atoms. The van der Waals surface area contributed by atoms with Gasteiger partial charge < -0.3 is 9.73 Å². The smallest absolute Gasteiger partial charge is 0.438 e. The molecule has 1 N–H and O–H groups in total. The molecule has 0 aliphatic rings. The van der Waals surface area contributed by atoms with Crippen LogP contribution in [-0.2, 0) is 11.0 Å². The second-order valence-corrected chi connectivity index (χ2v) is 8.38. The average Bonchev–Trinajstić information content (AvgIpc) is 3.15. The van der Waals surface area contributed by atoms with Gasteiger partial charge in [-0.05, 0) is 36.8 Å². The van der Waals surface area contributed by atoms with Crippen molar-refractivity contribution in [2.24, 2.45) is 0 Å². The Morgan fingerprint density at radius 1 is 0.946 bits per heavy atom. The van der Waals surface area contributed by atoms with Crippen LogP contribution in [0.5, 0.6) is 0 Å². The number of nitrogens with one attached hydrogen (secondary N) is 1. The van der Waals surface area contributed by atoms with Crippen LogP contribution < -0.4 is 5.32 Å². The van der Waals surface area contributed by atoms with Gasteiger partial charge in [-0.2, -0.15) is 26.3 Å². The van der Waals surface area contributed by atoms with E-state index in [1.165, 1.54) is 19.1 Å². The molecule has 0 spiro atoms. The fourth-order valence-electron chi connectivity index (χ4n) is 2.48. The Balaban J connectivity index is 0. The molecule has 1 heterocycles. The zero-order chi connectivity index (χ0) is 25.7. The quantitative estimate of drug-likeness (QED) is 0.225. The maximum atomic E-state index is 12.4. The van der Waals surface area contributed by atoms with Gasteiger partial charge in [-0.3, -0.25) is 4.79 Å². The van der Waals surface area contributed by atoms with Crippen molar-refractivity contribution >= 4 is 37.8 Å². The summed E-state index contributed by atoms with van der Waals surface area (Å²) in [4.78, 5) is 14.2. The van der Waals surface area contributed by atoms with Gasteiger partial charge in [0.05, 0.1) is 0 Å². The van der Waals surface area contributed by atoms with E-state index in [1.54, 1.807) is 41.7 Å². The van der Waals surface area contributed by atoms with Crippen molar-refractivity contribution in [3.05, 3.63) is 74.7 Å². The molecule has 0 radical (unpaired) electrons. The minimum atomic E-state index is -4.94. The van der Waals surface area contributed by atoms with Crippen molar-refractivity contribution in [1.82, 2.24) is 10.3 Å². The Morgan fingerprint density at radius 3 is 1.78 bits per heavy atom. The van der Waals surface area contributed by atoms with Gasteiger partial charge in [0.25, 0.3) is 0 Å². The number of carbonyl (C=O) groups is 1. The minimum Gasteiger partial charge on any atom is -0.438 e. The number of oxazole rings is 1. The number of hydrogen-bond acceptors (Lipinski definition) is 3. The molecule has 1 atom stereocenters. The molecule has 0 aliphatic carbocycles. The van der Waals surface area contributed by atoms with E-state index in [9.17, 15) is 31.1 Å². The molecule has 0 fully saturated rings. The number of rotatable bonds is 3. The molecule has 204 valence electrons. The lowest BCUT2D eigenvalue weighted by molar-refractivity contribution is -0.174. The SMILES string of the molecule is C.C.C.C#CC(NC(=O)C(F)(F)F)c1ccc(Br)cc1.Cc1oc(C(F)(F)F)nc1-c1ccc(Br)cc1. The molecular weight excluding hydrogens is 634 g/mol. The Kier molecular flexibility index (Phi) is 14.6. The molecule has 3 rings (SSSR count). The monoisotopic (exact) mass is 658 g/mol. The van der Waals surface area contributed by atoms with Gasteiger partial charge >= 0.3 is 24.2 Å². The average molecular weight is 660 g/mol. The molecule has 0 aliphatic heterocycles. The first kappa shape index (κ1) is 36.4. The van der Waals surface area contributed by atoms with Gasteiger partial charge in [0.2, 0.25) is 0 Å². The maximum absolute atomic E-state index is 12.4. The van der Waals surface area contributed by atoms with E-state index in [4.69, 9.17) is 6.42 Å². The van der Waals surface area contributed by atoms with E-state index in [2.05, 4.69) is 47.2 Å². The molecule has 1 amide bonds. The Hall–Kier alpha value is -2.78. The fourth-order valence-corrected chi connectivity index (χ4v) is 3.01. The molecule has 0 saturated carbocycles. The number of benzene rings is 2. The lowest BCUT2D eigenvalue weighted by Gasteiger charge is -2.14. The highest BCUT2D eigenvalue weighted by molar-refractivity contribution is 9.10. The Labute approximate surface area is 229 Å². The highest BCUT2D eigenvalue weighted by Crippen LogP contribution is 2.33. The van der Waals surface area contributed by atoms with Crippen molar-refractivity contribution in [3.63, 3.8) is 0 Å². The number of alkyl halides is 6. The van der Waals surface area contributed by atoms with E-state index >= 15 is 0 Å². The summed E-state index contributed by atoms with van der Waals surface area (Å²) < 4.78 is 79.5. The number of terminal acetylenes is 1. The fraction of sp³-hybridized carbons (Fsp3) is 0.280. The second-order valence-electron chi connectivity index (χ2n) is 6.55. The molecule has 12 heteroatoms. The summed E-state index contributed by atoms with van der Waals surface area (Å²) >= 11 is 6.43. The molecule has 0 saturated heterocycles. The molecule has 1 aromatic heterocycles. The van der Waals surface area contributed by atoms with E-state index < -0.39 is 30.2 Å². The van der Waals surface area contributed by atoms with Gasteiger partial charge in [0.1, 0.15) is 17.5 Å². The van der Waals surface area contributed by atoms with Crippen LogP contribution in [0.25, 0.3) is 11.3 Å². The summed E-state index contributed by atoms with van der Waals surface area (Å²) in [5.41, 5.74) is 1.21. The van der Waals surface area contributed by atoms with Crippen LogP contribution in [-0.4, -0.2) is 17.1 Å². The summed E-state index contributed by atoms with van der Waals surface area (Å²) in [5, 5.41) is 1.73. The van der Waals surface area contributed by atoms with Crippen molar-refractivity contribution in [3.8, 4) is 23.6 Å². The van der Waals surface area contributed by atoms with Crippen LogP contribution in [0.2, 0.25) is 0 Å². The molecule has 37 heavy (non-hydrogen) atoms. The van der Waals surface area contributed by atoms with Gasteiger partial charge in [0.15, 0.2) is 0 Å². The maximum Gasteiger partial charge on any atom is 0.471 e. The Bertz CT molecular complexity index is 1170. The zero-order valence-electron chi connectivity index (χ0n) is 17.1. The minimum absolute atomic E-state index is 0. The van der Waals surface area contributed by atoms with E-state index in [1.807, 2.05) is 0 Å². The zero-order valence-corrected chi connectivity index (χ0v) is 20.2. The predicted molar refractivity (Wildman–Crippen MR) is 139 cm³/mol. The summed E-state index contributed by atoms with van der Waals surface area (Å²) in [6.07, 6.45) is -4.41. The number of amides is 1. The molecule has 2 aromatic carbocycles. The van der Waals surface area contributed by atoms with E-state index in [0.717, 1.165) is 8.95 Å². The third-order valence-corrected chi connectivity index (χ3v) is 5.12. The molecule has 1 unspecified atom stereocenters. The third kappa shape index (κ3) is 10.6. The highest BCUT2D eigenvalue weighted by atomic mass is 79.9. The number of carbonyl (C=O) groups excluding carboxylic acids is 1. The van der Waals surface area contributed by atoms with Crippen LogP contribution in [0.1, 0.15) is 45.5 Å². The van der Waals surface area contributed by atoms with Crippen molar-refractivity contribution in [2.45, 2.75) is 47.6 Å². The van der Waals surface area contributed by atoms with Crippen molar-refractivity contribution in [2.75, 3.05) is 0 Å². The number of nitrogens with zero attached hydrogens (tertiary/aromatic N) is 1.